The lowest BCUT2D eigenvalue weighted by Gasteiger charge is -2.32. The van der Waals surface area contributed by atoms with Crippen molar-refractivity contribution in [2.45, 2.75) is 52.4 Å². The molecule has 0 fully saturated rings. The van der Waals surface area contributed by atoms with Gasteiger partial charge >= 0.3 is 0 Å². The molecule has 0 spiro atoms. The summed E-state index contributed by atoms with van der Waals surface area (Å²) in [5, 5.41) is 0. The van der Waals surface area contributed by atoms with Gasteiger partial charge in [0.2, 0.25) is 0 Å². The first-order chi connectivity index (χ1) is 9.68. The van der Waals surface area contributed by atoms with E-state index in [4.69, 9.17) is 0 Å². The van der Waals surface area contributed by atoms with Gasteiger partial charge in [-0.15, -0.1) is 12.6 Å². The van der Waals surface area contributed by atoms with Gasteiger partial charge < -0.3 is 0 Å². The van der Waals surface area contributed by atoms with Gasteiger partial charge in [-0.25, -0.2) is 0 Å². The molecule has 0 amide bonds. The molecule has 0 N–H and O–H groups in total. The van der Waals surface area contributed by atoms with Gasteiger partial charge in [0, 0.05) is 10.8 Å². The zero-order chi connectivity index (χ0) is 15.8. The summed E-state index contributed by atoms with van der Waals surface area (Å²) >= 11 is 4.56. The topological polar surface area (TPSA) is 0 Å². The van der Waals surface area contributed by atoms with Crippen LogP contribution in [0.25, 0.3) is 0 Å². The van der Waals surface area contributed by atoms with Crippen molar-refractivity contribution in [1.82, 2.24) is 0 Å². The van der Waals surface area contributed by atoms with E-state index in [0.29, 0.717) is 5.92 Å². The van der Waals surface area contributed by atoms with Crippen molar-refractivity contribution < 1.29 is 0 Å². The quantitative estimate of drug-likeness (QED) is 0.638. The molecule has 112 valence electrons. The van der Waals surface area contributed by atoms with E-state index in [-0.39, 0.29) is 5.41 Å². The minimum atomic E-state index is 0.162. The number of hydrogen-bond acceptors (Lipinski definition) is 1. The maximum atomic E-state index is 4.56. The first-order valence-electron chi connectivity index (χ1n) is 7.56. The Bertz CT molecular complexity index is 627. The highest BCUT2D eigenvalue weighted by Crippen LogP contribution is 2.41. The summed E-state index contributed by atoms with van der Waals surface area (Å²) in [5.74, 6) is 0.377. The average Bonchev–Trinajstić information content (AvgIpc) is 2.31. The van der Waals surface area contributed by atoms with Gasteiger partial charge in [-0.1, -0.05) is 45.0 Å². The minimum absolute atomic E-state index is 0.162. The van der Waals surface area contributed by atoms with E-state index >= 15 is 0 Å². The normalized spacial score (nSPS) is 13.3. The monoisotopic (exact) mass is 298 g/mol. The molecule has 1 unspecified atom stereocenters. The molecule has 0 nitrogen and oxygen atoms in total. The zero-order valence-electron chi connectivity index (χ0n) is 14.0. The van der Waals surface area contributed by atoms with Crippen molar-refractivity contribution in [3.8, 4) is 0 Å². The average molecular weight is 298 g/mol. The molecule has 0 aliphatic rings. The third kappa shape index (κ3) is 3.71. The molecule has 0 saturated carbocycles. The van der Waals surface area contributed by atoms with Crippen molar-refractivity contribution in [1.29, 1.82) is 0 Å². The van der Waals surface area contributed by atoms with Crippen molar-refractivity contribution >= 4 is 12.6 Å². The van der Waals surface area contributed by atoms with Gasteiger partial charge in [0.05, 0.1) is 0 Å². The molecule has 0 aliphatic heterocycles. The SMILES string of the molecule is Cc1cc(S)cc(C(c2ccc(C)c(C)c2)C(C)(C)C)c1. The van der Waals surface area contributed by atoms with Crippen LogP contribution in [0, 0.1) is 26.2 Å². The fraction of sp³-hybridized carbons (Fsp3) is 0.400. The van der Waals surface area contributed by atoms with Gasteiger partial charge in [-0.3, -0.25) is 0 Å². The Kier molecular flexibility index (Phi) is 4.53. The van der Waals surface area contributed by atoms with Gasteiger partial charge in [0.25, 0.3) is 0 Å². The summed E-state index contributed by atoms with van der Waals surface area (Å²) < 4.78 is 0. The third-order valence-corrected chi connectivity index (χ3v) is 4.41. The van der Waals surface area contributed by atoms with Crippen LogP contribution in [0.5, 0.6) is 0 Å². The highest BCUT2D eigenvalue weighted by molar-refractivity contribution is 7.80. The molecule has 0 saturated heterocycles. The van der Waals surface area contributed by atoms with Crippen LogP contribution >= 0.6 is 12.6 Å². The Hall–Kier alpha value is -1.21. The molecule has 0 aliphatic carbocycles. The van der Waals surface area contributed by atoms with E-state index in [1.807, 2.05) is 0 Å². The van der Waals surface area contributed by atoms with Crippen LogP contribution in [0.15, 0.2) is 41.3 Å². The smallest absolute Gasteiger partial charge is 0.0138 e. The molecule has 21 heavy (non-hydrogen) atoms. The van der Waals surface area contributed by atoms with Crippen LogP contribution in [0.1, 0.15) is 54.5 Å². The number of aryl methyl sites for hydroxylation is 3. The van der Waals surface area contributed by atoms with Gasteiger partial charge in [-0.05, 0) is 66.1 Å². The summed E-state index contributed by atoms with van der Waals surface area (Å²) in [6.07, 6.45) is 0. The van der Waals surface area contributed by atoms with E-state index < -0.39 is 0 Å². The highest BCUT2D eigenvalue weighted by atomic mass is 32.1. The largest absolute Gasteiger partial charge is 0.143 e. The Morgan fingerprint density at radius 3 is 2.00 bits per heavy atom. The maximum absolute atomic E-state index is 4.56. The van der Waals surface area contributed by atoms with Crippen molar-refractivity contribution in [2.75, 3.05) is 0 Å². The predicted molar refractivity (Wildman–Crippen MR) is 95.6 cm³/mol. The van der Waals surface area contributed by atoms with E-state index in [1.165, 1.54) is 27.8 Å². The number of thiol groups is 1. The Balaban J connectivity index is 2.60. The van der Waals surface area contributed by atoms with Crippen LogP contribution < -0.4 is 0 Å². The Morgan fingerprint density at radius 2 is 1.48 bits per heavy atom. The summed E-state index contributed by atoms with van der Waals surface area (Å²) in [4.78, 5) is 1.04. The van der Waals surface area contributed by atoms with Gasteiger partial charge in [-0.2, -0.15) is 0 Å². The van der Waals surface area contributed by atoms with Gasteiger partial charge in [0.1, 0.15) is 0 Å². The molecular weight excluding hydrogens is 272 g/mol. The molecule has 1 atom stereocenters. The standard InChI is InChI=1S/C20H26S/c1-13-9-17(12-18(21)10-13)19(20(4,5)6)16-8-7-14(2)15(3)11-16/h7-12,19,21H,1-6H3. The maximum Gasteiger partial charge on any atom is 0.0138 e. The van der Waals surface area contributed by atoms with Crippen LogP contribution in [0.3, 0.4) is 0 Å². The van der Waals surface area contributed by atoms with Crippen molar-refractivity contribution in [2.24, 2.45) is 5.41 Å². The number of benzene rings is 2. The second-order valence-electron chi connectivity index (χ2n) is 7.24. The number of hydrogen-bond donors (Lipinski definition) is 1. The molecule has 2 aromatic carbocycles. The summed E-state index contributed by atoms with van der Waals surface area (Å²) in [6, 6.07) is 13.5. The Labute approximate surface area is 135 Å². The fourth-order valence-electron chi connectivity index (χ4n) is 3.10. The lowest BCUT2D eigenvalue weighted by atomic mass is 9.72. The first-order valence-corrected chi connectivity index (χ1v) is 8.01. The van der Waals surface area contributed by atoms with E-state index in [0.717, 1.165) is 4.90 Å². The number of rotatable bonds is 2. The highest BCUT2D eigenvalue weighted by Gasteiger charge is 2.28. The van der Waals surface area contributed by atoms with Crippen LogP contribution in [-0.2, 0) is 0 Å². The fourth-order valence-corrected chi connectivity index (χ4v) is 3.45. The molecule has 0 aromatic heterocycles. The second-order valence-corrected chi connectivity index (χ2v) is 7.76. The minimum Gasteiger partial charge on any atom is -0.143 e. The summed E-state index contributed by atoms with van der Waals surface area (Å²) in [5.41, 5.74) is 6.90. The summed E-state index contributed by atoms with van der Waals surface area (Å²) in [6.45, 7) is 13.4. The predicted octanol–water partition coefficient (Wildman–Crippen LogP) is 6.08. The molecule has 0 radical (unpaired) electrons. The van der Waals surface area contributed by atoms with E-state index in [9.17, 15) is 0 Å². The van der Waals surface area contributed by atoms with Gasteiger partial charge in [0.15, 0.2) is 0 Å². The molecule has 2 aromatic rings. The lowest BCUT2D eigenvalue weighted by Crippen LogP contribution is -2.20. The van der Waals surface area contributed by atoms with Crippen LogP contribution in [0.2, 0.25) is 0 Å². The molecule has 2 rings (SSSR count). The van der Waals surface area contributed by atoms with Crippen LogP contribution in [0.4, 0.5) is 0 Å². The molecule has 1 heteroatoms. The second kappa shape index (κ2) is 5.88. The van der Waals surface area contributed by atoms with Crippen molar-refractivity contribution in [3.05, 3.63) is 64.2 Å². The Morgan fingerprint density at radius 1 is 0.810 bits per heavy atom. The van der Waals surface area contributed by atoms with Crippen LogP contribution in [-0.4, -0.2) is 0 Å². The molecule has 0 heterocycles. The van der Waals surface area contributed by atoms with Crippen molar-refractivity contribution in [3.63, 3.8) is 0 Å². The third-order valence-electron chi connectivity index (χ3n) is 4.15. The van der Waals surface area contributed by atoms with E-state index in [1.54, 1.807) is 0 Å². The van der Waals surface area contributed by atoms with E-state index in [2.05, 4.69) is 90.6 Å². The summed E-state index contributed by atoms with van der Waals surface area (Å²) in [7, 11) is 0. The molecule has 0 bridgehead atoms. The first kappa shape index (κ1) is 16.2. The molecular formula is C20H26S. The zero-order valence-corrected chi connectivity index (χ0v) is 14.9. The lowest BCUT2D eigenvalue weighted by molar-refractivity contribution is 0.358.